The average molecular weight is 490 g/mol. The van der Waals surface area contributed by atoms with Crippen molar-refractivity contribution in [1.29, 1.82) is 0 Å². The molecule has 10 nitrogen and oxygen atoms in total. The third kappa shape index (κ3) is 7.05. The molecule has 10 heteroatoms. The molecule has 0 fully saturated rings. The molecule has 0 radical (unpaired) electrons. The topological polar surface area (TPSA) is 97.9 Å². The van der Waals surface area contributed by atoms with Crippen LogP contribution in [0.25, 0.3) is 0 Å². The van der Waals surface area contributed by atoms with E-state index in [2.05, 4.69) is 0 Å². The van der Waals surface area contributed by atoms with E-state index < -0.39 is 0 Å². The largest absolute Gasteiger partial charge is 0.498 e. The Labute approximate surface area is 206 Å². The summed E-state index contributed by atoms with van der Waals surface area (Å²) < 4.78 is 9.66. The van der Waals surface area contributed by atoms with Gasteiger partial charge in [0.15, 0.2) is 0 Å². The normalized spacial score (nSPS) is 10.3. The second kappa shape index (κ2) is 12.3. The highest BCUT2D eigenvalue weighted by molar-refractivity contribution is 5.03. The van der Waals surface area contributed by atoms with E-state index in [-0.39, 0.29) is 23.7 Å². The Morgan fingerprint density at radius 3 is 1.29 bits per heavy atom. The Hall–Kier alpha value is -3.40. The van der Waals surface area contributed by atoms with Crippen molar-refractivity contribution in [1.82, 2.24) is 13.7 Å². The second-order valence-corrected chi connectivity index (χ2v) is 8.80. The average Bonchev–Trinajstić information content (AvgIpc) is 2.81. The van der Waals surface area contributed by atoms with Crippen LogP contribution < -0.4 is 30.8 Å². The summed E-state index contributed by atoms with van der Waals surface area (Å²) in [6.07, 6.45) is 0. The van der Waals surface area contributed by atoms with Crippen LogP contribution in [0.4, 0.5) is 0 Å². The minimum atomic E-state index is -0.0773. The number of hydrogen-bond donors (Lipinski definition) is 1. The molecular weight excluding hydrogens is 448 g/mol. The van der Waals surface area contributed by atoms with Crippen molar-refractivity contribution in [2.45, 2.75) is 48.1 Å². The zero-order valence-corrected chi connectivity index (χ0v) is 23.0. The van der Waals surface area contributed by atoms with Crippen molar-refractivity contribution in [2.75, 3.05) is 6.61 Å². The molecular formula is C25H41N6O4+3. The van der Waals surface area contributed by atoms with Crippen LogP contribution in [0.5, 0.6) is 0 Å². The number of aromatic nitrogens is 6. The number of aryl methyl sites for hydroxylation is 6. The smallest absolute Gasteiger partial charge is 0.392 e. The highest BCUT2D eigenvalue weighted by atomic mass is 16.3. The molecule has 3 rings (SSSR count). The summed E-state index contributed by atoms with van der Waals surface area (Å²) in [7, 11) is 8.83. The fraction of sp³-hybridized carbons (Fsp3) is 0.520. The zero-order valence-electron chi connectivity index (χ0n) is 23.0. The first-order valence-corrected chi connectivity index (χ1v) is 11.4. The molecule has 0 aromatic carbocycles. The number of nitrogens with zero attached hydrogens (tertiary/aromatic N) is 6. The quantitative estimate of drug-likeness (QED) is 0.464. The molecule has 192 valence electrons. The molecule has 3 aromatic rings. The predicted molar refractivity (Wildman–Crippen MR) is 133 cm³/mol. The Morgan fingerprint density at radius 1 is 0.629 bits per heavy atom. The van der Waals surface area contributed by atoms with Crippen LogP contribution in [0.1, 0.15) is 34.2 Å². The first-order valence-electron chi connectivity index (χ1n) is 11.4. The molecule has 3 aromatic heterocycles. The Kier molecular flexibility index (Phi) is 10.5. The van der Waals surface area contributed by atoms with Crippen molar-refractivity contribution >= 4 is 0 Å². The van der Waals surface area contributed by atoms with Gasteiger partial charge >= 0.3 is 17.1 Å². The first-order chi connectivity index (χ1) is 16.1. The van der Waals surface area contributed by atoms with Crippen LogP contribution in [-0.4, -0.2) is 25.4 Å². The van der Waals surface area contributed by atoms with E-state index in [1.54, 1.807) is 62.6 Å². The summed E-state index contributed by atoms with van der Waals surface area (Å²) in [5.41, 5.74) is 5.76. The van der Waals surface area contributed by atoms with Crippen LogP contribution in [0.2, 0.25) is 0 Å². The van der Waals surface area contributed by atoms with E-state index in [1.807, 2.05) is 59.7 Å². The van der Waals surface area contributed by atoms with Gasteiger partial charge in [0.1, 0.15) is 40.7 Å². The third-order valence-corrected chi connectivity index (χ3v) is 6.31. The molecule has 0 amide bonds. The van der Waals surface area contributed by atoms with Gasteiger partial charge in [-0.1, -0.05) is 0 Å². The lowest BCUT2D eigenvalue weighted by Gasteiger charge is -2.03. The van der Waals surface area contributed by atoms with Gasteiger partial charge in [0.05, 0.1) is 41.8 Å². The van der Waals surface area contributed by atoms with E-state index in [9.17, 15) is 14.4 Å². The molecule has 0 unspecified atom stereocenters. The summed E-state index contributed by atoms with van der Waals surface area (Å²) in [5.74, 6) is 0. The van der Waals surface area contributed by atoms with Gasteiger partial charge in [-0.15, -0.1) is 0 Å². The van der Waals surface area contributed by atoms with Gasteiger partial charge in [-0.2, -0.15) is 41.8 Å². The Balaban J connectivity index is 0.000000264. The maximum atomic E-state index is 11.6. The number of hydrogen-bond acceptors (Lipinski definition) is 4. The number of rotatable bonds is 2. The molecule has 1 N–H and O–H groups in total. The minimum absolute atomic E-state index is 0.0101. The zero-order chi connectivity index (χ0) is 27.2. The Bertz CT molecular complexity index is 1250. The lowest BCUT2D eigenvalue weighted by molar-refractivity contribution is -0.697. The molecule has 3 heterocycles. The summed E-state index contributed by atoms with van der Waals surface area (Å²) in [6.45, 7) is 11.8. The molecule has 0 spiro atoms. The summed E-state index contributed by atoms with van der Waals surface area (Å²) in [4.78, 5) is 34.3. The summed E-state index contributed by atoms with van der Waals surface area (Å²) in [6, 6.07) is 5.90. The van der Waals surface area contributed by atoms with Crippen LogP contribution in [0.15, 0.2) is 32.6 Å². The fourth-order valence-electron chi connectivity index (χ4n) is 3.38. The van der Waals surface area contributed by atoms with E-state index in [0.29, 0.717) is 6.54 Å². The second-order valence-electron chi connectivity index (χ2n) is 8.80. The maximum absolute atomic E-state index is 11.6. The van der Waals surface area contributed by atoms with Gasteiger partial charge in [0, 0.05) is 18.2 Å². The van der Waals surface area contributed by atoms with Crippen LogP contribution in [0.3, 0.4) is 0 Å². The van der Waals surface area contributed by atoms with E-state index in [4.69, 9.17) is 5.11 Å². The highest BCUT2D eigenvalue weighted by Crippen LogP contribution is 1.94. The molecule has 0 saturated heterocycles. The van der Waals surface area contributed by atoms with E-state index in [0.717, 1.165) is 34.2 Å². The lowest BCUT2D eigenvalue weighted by Crippen LogP contribution is -2.54. The molecule has 0 aliphatic rings. The molecule has 35 heavy (non-hydrogen) atoms. The van der Waals surface area contributed by atoms with Gasteiger partial charge < -0.3 is 5.11 Å². The van der Waals surface area contributed by atoms with Crippen LogP contribution >= 0.6 is 0 Å². The van der Waals surface area contributed by atoms with Crippen molar-refractivity contribution < 1.29 is 18.8 Å². The monoisotopic (exact) mass is 489 g/mol. The SMILES string of the molecule is Cc1cc(C)[n+](C)c(=O)n1C.Cc1cc(C)[n+](C)c(=O)n1C.Cc1cc(C)[n+](C)c(=O)n1CCO. The van der Waals surface area contributed by atoms with Crippen molar-refractivity contribution in [3.05, 3.63) is 83.8 Å². The van der Waals surface area contributed by atoms with Gasteiger partial charge in [0.25, 0.3) is 0 Å². The molecule has 0 saturated carbocycles. The Morgan fingerprint density at radius 2 is 0.943 bits per heavy atom. The van der Waals surface area contributed by atoms with Crippen LogP contribution in [-0.2, 0) is 41.8 Å². The van der Waals surface area contributed by atoms with Gasteiger partial charge in [-0.05, 0) is 41.5 Å². The molecule has 0 aliphatic heterocycles. The lowest BCUT2D eigenvalue weighted by atomic mass is 10.3. The highest BCUT2D eigenvalue weighted by Gasteiger charge is 2.13. The van der Waals surface area contributed by atoms with Crippen LogP contribution in [0, 0.1) is 41.5 Å². The summed E-state index contributed by atoms with van der Waals surface area (Å²) in [5, 5.41) is 8.76. The van der Waals surface area contributed by atoms with Crippen molar-refractivity contribution in [3.63, 3.8) is 0 Å². The van der Waals surface area contributed by atoms with Crippen molar-refractivity contribution in [2.24, 2.45) is 35.2 Å². The van der Waals surface area contributed by atoms with Crippen molar-refractivity contribution in [3.8, 4) is 0 Å². The third-order valence-electron chi connectivity index (χ3n) is 6.31. The minimum Gasteiger partial charge on any atom is -0.392 e. The van der Waals surface area contributed by atoms with Gasteiger partial charge in [-0.25, -0.2) is 0 Å². The molecule has 0 aliphatic carbocycles. The van der Waals surface area contributed by atoms with Gasteiger partial charge in [-0.3, -0.25) is 0 Å². The van der Waals surface area contributed by atoms with E-state index >= 15 is 0 Å². The first kappa shape index (κ1) is 29.6. The fourth-order valence-corrected chi connectivity index (χ4v) is 3.38. The van der Waals surface area contributed by atoms with E-state index in [1.165, 1.54) is 0 Å². The summed E-state index contributed by atoms with van der Waals surface area (Å²) >= 11 is 0. The predicted octanol–water partition coefficient (Wildman–Crippen LogP) is -1.06. The maximum Gasteiger partial charge on any atom is 0.498 e. The van der Waals surface area contributed by atoms with Gasteiger partial charge in [0.2, 0.25) is 0 Å². The standard InChI is InChI=1S/C9H15N2O2.2C8H13N2O/c1-7-6-8(2)11(4-5-12)9(13)10(7)3;2*1-6-5-7(2)10(4)8(11)9(6)3/h6,12H,4-5H2,1-3H3;2*5H,1-4H3/q3*+1. The number of aliphatic hydroxyl groups excluding tert-OH is 1. The molecule has 0 bridgehead atoms. The molecule has 0 atom stereocenters. The number of aliphatic hydroxyl groups is 1.